The van der Waals surface area contributed by atoms with Crippen molar-refractivity contribution >= 4 is 27.2 Å². The summed E-state index contributed by atoms with van der Waals surface area (Å²) in [7, 11) is -4.06. The molecule has 0 heterocycles. The van der Waals surface area contributed by atoms with Crippen LogP contribution in [-0.2, 0) is 30.1 Å². The number of carbonyl (C=O) groups is 1. The van der Waals surface area contributed by atoms with E-state index in [-0.39, 0.29) is 25.4 Å². The second kappa shape index (κ2) is 9.26. The van der Waals surface area contributed by atoms with Crippen molar-refractivity contribution in [2.24, 2.45) is 5.41 Å². The minimum absolute atomic E-state index is 0.000324. The van der Waals surface area contributed by atoms with E-state index < -0.39 is 38.3 Å². The standard InChI is InChI=1S/C15H22O7S2/c1-15(2,11-21-14(16)13-7-4-3-5-8-13)12-22-23(17)9-6-10-24(18,19)20/h3-5,7-8H,6,9-12H2,1-2H3,(H,18,19,20). The van der Waals surface area contributed by atoms with Crippen LogP contribution in [0.15, 0.2) is 30.3 Å². The van der Waals surface area contributed by atoms with Crippen LogP contribution in [0.1, 0.15) is 30.6 Å². The maximum Gasteiger partial charge on any atom is 0.338 e. The normalized spacial score (nSPS) is 13.5. The highest BCUT2D eigenvalue weighted by Gasteiger charge is 2.23. The van der Waals surface area contributed by atoms with Crippen LogP contribution in [0.5, 0.6) is 0 Å². The quantitative estimate of drug-likeness (QED) is 0.489. The van der Waals surface area contributed by atoms with Gasteiger partial charge in [0.25, 0.3) is 10.1 Å². The highest BCUT2D eigenvalue weighted by molar-refractivity contribution is 7.85. The summed E-state index contributed by atoms with van der Waals surface area (Å²) < 4.78 is 51.7. The molecule has 0 aliphatic heterocycles. The Morgan fingerprint density at radius 1 is 1.21 bits per heavy atom. The van der Waals surface area contributed by atoms with Gasteiger partial charge < -0.3 is 4.74 Å². The second-order valence-corrected chi connectivity index (χ2v) is 8.84. The molecular formula is C15H22O7S2. The van der Waals surface area contributed by atoms with Gasteiger partial charge in [-0.1, -0.05) is 32.0 Å². The van der Waals surface area contributed by atoms with Crippen molar-refractivity contribution in [2.45, 2.75) is 20.3 Å². The molecule has 0 radical (unpaired) electrons. The monoisotopic (exact) mass is 378 g/mol. The summed E-state index contributed by atoms with van der Waals surface area (Å²) in [6.45, 7) is 3.75. The van der Waals surface area contributed by atoms with E-state index in [1.165, 1.54) is 0 Å². The maximum atomic E-state index is 11.9. The molecule has 136 valence electrons. The molecule has 0 bridgehead atoms. The van der Waals surface area contributed by atoms with Gasteiger partial charge in [-0.05, 0) is 18.6 Å². The topological polar surface area (TPSA) is 107 Å². The first-order valence-electron chi connectivity index (χ1n) is 7.28. The largest absolute Gasteiger partial charge is 0.461 e. The van der Waals surface area contributed by atoms with Gasteiger partial charge in [-0.2, -0.15) is 8.42 Å². The molecule has 1 aromatic carbocycles. The number of rotatable bonds is 10. The van der Waals surface area contributed by atoms with Crippen LogP contribution in [0.4, 0.5) is 0 Å². The van der Waals surface area contributed by atoms with Crippen molar-refractivity contribution in [3.05, 3.63) is 35.9 Å². The number of hydrogen-bond donors (Lipinski definition) is 1. The van der Waals surface area contributed by atoms with E-state index in [2.05, 4.69) is 0 Å². The highest BCUT2D eigenvalue weighted by atomic mass is 32.2. The van der Waals surface area contributed by atoms with E-state index >= 15 is 0 Å². The van der Waals surface area contributed by atoms with Gasteiger partial charge in [0.05, 0.1) is 30.3 Å². The lowest BCUT2D eigenvalue weighted by molar-refractivity contribution is 0.0260. The fourth-order valence-electron chi connectivity index (χ4n) is 1.60. The van der Waals surface area contributed by atoms with Gasteiger partial charge in [0, 0.05) is 5.41 Å². The molecule has 0 aliphatic carbocycles. The van der Waals surface area contributed by atoms with Crippen molar-refractivity contribution in [1.29, 1.82) is 0 Å². The lowest BCUT2D eigenvalue weighted by Gasteiger charge is -2.23. The summed E-state index contributed by atoms with van der Waals surface area (Å²) in [5.41, 5.74) is -0.105. The Morgan fingerprint density at radius 3 is 2.42 bits per heavy atom. The zero-order chi connectivity index (χ0) is 18.2. The molecule has 0 amide bonds. The fourth-order valence-corrected chi connectivity index (χ4v) is 3.24. The van der Waals surface area contributed by atoms with Crippen LogP contribution in [0.25, 0.3) is 0 Å². The first kappa shape index (κ1) is 20.8. The molecule has 0 fully saturated rings. The average molecular weight is 378 g/mol. The van der Waals surface area contributed by atoms with E-state index in [0.29, 0.717) is 5.56 Å². The molecule has 0 spiro atoms. The van der Waals surface area contributed by atoms with Gasteiger partial charge in [0.2, 0.25) is 0 Å². The summed E-state index contributed by atoms with van der Waals surface area (Å²) in [6, 6.07) is 8.57. The van der Waals surface area contributed by atoms with Crippen LogP contribution in [-0.4, -0.2) is 47.9 Å². The molecule has 1 rings (SSSR count). The van der Waals surface area contributed by atoms with Gasteiger partial charge in [-0.3, -0.25) is 8.74 Å². The average Bonchev–Trinajstić information content (AvgIpc) is 2.50. The molecule has 1 atom stereocenters. The predicted molar refractivity (Wildman–Crippen MR) is 90.5 cm³/mol. The number of esters is 1. The maximum absolute atomic E-state index is 11.9. The van der Waals surface area contributed by atoms with Crippen LogP contribution >= 0.6 is 0 Å². The Morgan fingerprint density at radius 2 is 1.83 bits per heavy atom. The molecule has 9 heteroatoms. The number of carbonyl (C=O) groups excluding carboxylic acids is 1. The molecule has 1 unspecified atom stereocenters. The van der Waals surface area contributed by atoms with Crippen molar-refractivity contribution in [3.8, 4) is 0 Å². The minimum atomic E-state index is -4.06. The Labute approximate surface area is 144 Å². The van der Waals surface area contributed by atoms with Gasteiger partial charge >= 0.3 is 5.97 Å². The zero-order valence-corrected chi connectivity index (χ0v) is 15.3. The lowest BCUT2D eigenvalue weighted by Crippen LogP contribution is -2.28. The lowest BCUT2D eigenvalue weighted by atomic mass is 9.96. The molecule has 7 nitrogen and oxygen atoms in total. The Bertz CT molecular complexity index is 654. The van der Waals surface area contributed by atoms with Crippen molar-refractivity contribution in [2.75, 3.05) is 24.7 Å². The molecule has 0 saturated carbocycles. The summed E-state index contributed by atoms with van der Waals surface area (Å²) in [5, 5.41) is 0. The van der Waals surface area contributed by atoms with Gasteiger partial charge in [-0.25, -0.2) is 9.00 Å². The number of ether oxygens (including phenoxy) is 1. The van der Waals surface area contributed by atoms with Gasteiger partial charge in [0.15, 0.2) is 11.1 Å². The third kappa shape index (κ3) is 9.11. The van der Waals surface area contributed by atoms with Crippen LogP contribution in [0.3, 0.4) is 0 Å². The summed E-state index contributed by atoms with van der Waals surface area (Å²) in [6.07, 6.45) is 0.0366. The Hall–Kier alpha value is -1.29. The van der Waals surface area contributed by atoms with Crippen molar-refractivity contribution in [1.82, 2.24) is 0 Å². The smallest absolute Gasteiger partial charge is 0.338 e. The first-order chi connectivity index (χ1) is 11.1. The van der Waals surface area contributed by atoms with E-state index in [1.54, 1.807) is 44.2 Å². The molecular weight excluding hydrogens is 356 g/mol. The van der Waals surface area contributed by atoms with Crippen molar-refractivity contribution < 1.29 is 30.9 Å². The molecule has 0 aromatic heterocycles. The molecule has 1 N–H and O–H groups in total. The van der Waals surface area contributed by atoms with E-state index in [4.69, 9.17) is 13.5 Å². The van der Waals surface area contributed by atoms with E-state index in [9.17, 15) is 17.4 Å². The molecule has 24 heavy (non-hydrogen) atoms. The third-order valence-electron chi connectivity index (χ3n) is 2.90. The minimum Gasteiger partial charge on any atom is -0.461 e. The van der Waals surface area contributed by atoms with E-state index in [0.717, 1.165) is 0 Å². The zero-order valence-electron chi connectivity index (χ0n) is 13.6. The van der Waals surface area contributed by atoms with Gasteiger partial charge in [0.1, 0.15) is 0 Å². The summed E-state index contributed by atoms with van der Waals surface area (Å²) in [4.78, 5) is 11.9. The van der Waals surface area contributed by atoms with Crippen molar-refractivity contribution in [3.63, 3.8) is 0 Å². The SMILES string of the molecule is CC(C)(COC(=O)c1ccccc1)COS(=O)CCCS(=O)(=O)O. The van der Waals surface area contributed by atoms with E-state index in [1.807, 2.05) is 0 Å². The van der Waals surface area contributed by atoms with Gasteiger partial charge in [-0.15, -0.1) is 0 Å². The first-order valence-corrected chi connectivity index (χ1v) is 10.1. The van der Waals surface area contributed by atoms with Crippen LogP contribution in [0, 0.1) is 5.41 Å². The Kier molecular flexibility index (Phi) is 8.01. The van der Waals surface area contributed by atoms with Crippen LogP contribution in [0.2, 0.25) is 0 Å². The molecule has 1 aromatic rings. The summed E-state index contributed by atoms with van der Waals surface area (Å²) >= 11 is -1.67. The fraction of sp³-hybridized carbons (Fsp3) is 0.533. The third-order valence-corrected chi connectivity index (χ3v) is 4.71. The Balaban J connectivity index is 2.33. The summed E-state index contributed by atoms with van der Waals surface area (Å²) in [5.74, 6) is -0.905. The highest BCUT2D eigenvalue weighted by Crippen LogP contribution is 2.18. The molecule has 0 saturated heterocycles. The number of hydrogen-bond acceptors (Lipinski definition) is 6. The predicted octanol–water partition coefficient (Wildman–Crippen LogP) is 1.83. The van der Waals surface area contributed by atoms with Crippen LogP contribution < -0.4 is 0 Å². The number of benzene rings is 1. The second-order valence-electron chi connectivity index (χ2n) is 6.02. The molecule has 0 aliphatic rings.